The van der Waals surface area contributed by atoms with E-state index in [-0.39, 0.29) is 11.5 Å². The highest BCUT2D eigenvalue weighted by atomic mass is 16.5. The van der Waals surface area contributed by atoms with E-state index in [0.717, 1.165) is 5.56 Å². The molecule has 6 heteroatoms. The average Bonchev–Trinajstić information content (AvgIpc) is 2.66. The van der Waals surface area contributed by atoms with Gasteiger partial charge in [0.15, 0.2) is 11.5 Å². The summed E-state index contributed by atoms with van der Waals surface area (Å²) in [5.41, 5.74) is 1.51. The van der Waals surface area contributed by atoms with Crippen molar-refractivity contribution < 1.29 is 14.3 Å². The number of hydrogen-bond acceptors (Lipinski definition) is 4. The van der Waals surface area contributed by atoms with Crippen LogP contribution in [0.5, 0.6) is 11.5 Å². The van der Waals surface area contributed by atoms with Gasteiger partial charge in [-0.1, -0.05) is 30.3 Å². The normalized spacial score (nSPS) is 10.6. The first kappa shape index (κ1) is 17.5. The van der Waals surface area contributed by atoms with E-state index in [2.05, 4.69) is 4.98 Å². The number of nitrogens with zero attached hydrogens (tertiary/aromatic N) is 1. The van der Waals surface area contributed by atoms with Gasteiger partial charge >= 0.3 is 0 Å². The smallest absolute Gasteiger partial charge is 0.254 e. The Labute approximate surface area is 151 Å². The highest BCUT2D eigenvalue weighted by Crippen LogP contribution is 2.31. The van der Waals surface area contributed by atoms with Gasteiger partial charge in [-0.05, 0) is 12.1 Å². The number of carbonyl (C=O) groups is 1. The molecule has 2 aromatic carbocycles. The molecule has 0 aliphatic rings. The van der Waals surface area contributed by atoms with Gasteiger partial charge in [0.05, 0.1) is 19.8 Å². The van der Waals surface area contributed by atoms with Gasteiger partial charge in [-0.25, -0.2) is 0 Å². The van der Waals surface area contributed by atoms with Gasteiger partial charge in [-0.2, -0.15) is 0 Å². The number of aromatic nitrogens is 1. The third-order valence-corrected chi connectivity index (χ3v) is 4.22. The fraction of sp³-hybridized carbons (Fsp3) is 0.200. The Morgan fingerprint density at radius 1 is 1.08 bits per heavy atom. The van der Waals surface area contributed by atoms with Crippen molar-refractivity contribution in [2.45, 2.75) is 6.54 Å². The predicted molar refractivity (Wildman–Crippen MR) is 99.9 cm³/mol. The summed E-state index contributed by atoms with van der Waals surface area (Å²) in [4.78, 5) is 29.2. The van der Waals surface area contributed by atoms with Crippen molar-refractivity contribution in [2.24, 2.45) is 0 Å². The van der Waals surface area contributed by atoms with Crippen molar-refractivity contribution in [3.05, 3.63) is 70.0 Å². The fourth-order valence-corrected chi connectivity index (χ4v) is 2.99. The number of H-pyrrole nitrogens is 1. The lowest BCUT2D eigenvalue weighted by Gasteiger charge is -2.20. The molecule has 1 amide bonds. The van der Waals surface area contributed by atoms with Gasteiger partial charge in [0.1, 0.15) is 0 Å². The van der Waals surface area contributed by atoms with Crippen LogP contribution in [-0.2, 0) is 6.54 Å². The van der Waals surface area contributed by atoms with Crippen molar-refractivity contribution in [3.63, 3.8) is 0 Å². The zero-order valence-electron chi connectivity index (χ0n) is 14.9. The maximum absolute atomic E-state index is 13.0. The van der Waals surface area contributed by atoms with Crippen molar-refractivity contribution in [2.75, 3.05) is 21.3 Å². The van der Waals surface area contributed by atoms with Gasteiger partial charge in [0.25, 0.3) is 5.91 Å². The standard InChI is InChI=1S/C20H20N2O4/c1-22(12-13-7-6-10-17(25-2)19(13)26-3)20(24)15-11-18(23)21-16-9-5-4-8-14(15)16/h4-11H,12H2,1-3H3,(H,21,23). The molecule has 0 spiro atoms. The van der Waals surface area contributed by atoms with Gasteiger partial charge in [0.2, 0.25) is 5.56 Å². The largest absolute Gasteiger partial charge is 0.493 e. The first-order valence-corrected chi connectivity index (χ1v) is 8.12. The molecule has 1 aromatic heterocycles. The van der Waals surface area contributed by atoms with E-state index in [1.165, 1.54) is 6.07 Å². The van der Waals surface area contributed by atoms with Gasteiger partial charge in [-0.3, -0.25) is 9.59 Å². The molecule has 0 atom stereocenters. The number of nitrogens with one attached hydrogen (secondary N) is 1. The first-order chi connectivity index (χ1) is 12.5. The third-order valence-electron chi connectivity index (χ3n) is 4.22. The molecular weight excluding hydrogens is 332 g/mol. The number of amides is 1. The summed E-state index contributed by atoms with van der Waals surface area (Å²) in [6.45, 7) is 0.320. The Bertz CT molecular complexity index is 1010. The van der Waals surface area contributed by atoms with Crippen molar-refractivity contribution in [3.8, 4) is 11.5 Å². The number of para-hydroxylation sites is 2. The van der Waals surface area contributed by atoms with E-state index in [4.69, 9.17) is 9.47 Å². The van der Waals surface area contributed by atoms with Crippen LogP contribution in [0.2, 0.25) is 0 Å². The second kappa shape index (κ2) is 7.31. The fourth-order valence-electron chi connectivity index (χ4n) is 2.99. The van der Waals surface area contributed by atoms with Crippen LogP contribution < -0.4 is 15.0 Å². The molecule has 3 rings (SSSR count). The maximum Gasteiger partial charge on any atom is 0.254 e. The van der Waals surface area contributed by atoms with E-state index in [1.807, 2.05) is 30.3 Å². The molecule has 0 saturated heterocycles. The molecule has 0 saturated carbocycles. The Kier molecular flexibility index (Phi) is 4.93. The Morgan fingerprint density at radius 3 is 2.58 bits per heavy atom. The van der Waals surface area contributed by atoms with Gasteiger partial charge < -0.3 is 19.4 Å². The second-order valence-corrected chi connectivity index (χ2v) is 5.91. The topological polar surface area (TPSA) is 71.6 Å². The lowest BCUT2D eigenvalue weighted by Crippen LogP contribution is -2.28. The zero-order valence-corrected chi connectivity index (χ0v) is 14.9. The highest BCUT2D eigenvalue weighted by Gasteiger charge is 2.18. The minimum absolute atomic E-state index is 0.239. The molecule has 0 aliphatic carbocycles. The van der Waals surface area contributed by atoms with Crippen LogP contribution in [0.25, 0.3) is 10.9 Å². The van der Waals surface area contributed by atoms with Crippen LogP contribution in [0.15, 0.2) is 53.3 Å². The summed E-state index contributed by atoms with van der Waals surface area (Å²) in [5.74, 6) is 0.954. The molecule has 1 N–H and O–H groups in total. The number of hydrogen-bond donors (Lipinski definition) is 1. The predicted octanol–water partition coefficient (Wildman–Crippen LogP) is 2.82. The number of methoxy groups -OCH3 is 2. The Balaban J connectivity index is 1.96. The number of rotatable bonds is 5. The molecular formula is C20H20N2O4. The summed E-state index contributed by atoms with van der Waals surface area (Å²) in [7, 11) is 4.82. The number of pyridine rings is 1. The minimum Gasteiger partial charge on any atom is -0.493 e. The second-order valence-electron chi connectivity index (χ2n) is 5.91. The number of aromatic amines is 1. The lowest BCUT2D eigenvalue weighted by molar-refractivity contribution is 0.0785. The average molecular weight is 352 g/mol. The summed E-state index contributed by atoms with van der Waals surface area (Å²) in [6, 6.07) is 14.1. The molecule has 0 radical (unpaired) electrons. The molecule has 0 aliphatic heterocycles. The Hall–Kier alpha value is -3.28. The summed E-state index contributed by atoms with van der Waals surface area (Å²) < 4.78 is 10.7. The van der Waals surface area contributed by atoms with E-state index >= 15 is 0 Å². The van der Waals surface area contributed by atoms with Crippen molar-refractivity contribution in [1.82, 2.24) is 9.88 Å². The third kappa shape index (κ3) is 3.26. The number of benzene rings is 2. The van der Waals surface area contributed by atoms with E-state index < -0.39 is 0 Å². The summed E-state index contributed by atoms with van der Waals surface area (Å²) in [6.07, 6.45) is 0. The van der Waals surface area contributed by atoms with E-state index in [1.54, 1.807) is 38.3 Å². The quantitative estimate of drug-likeness (QED) is 0.766. The van der Waals surface area contributed by atoms with Crippen LogP contribution in [0.4, 0.5) is 0 Å². The first-order valence-electron chi connectivity index (χ1n) is 8.12. The maximum atomic E-state index is 13.0. The summed E-state index contributed by atoms with van der Waals surface area (Å²) >= 11 is 0. The minimum atomic E-state index is -0.306. The molecule has 0 bridgehead atoms. The van der Waals surface area contributed by atoms with Crippen molar-refractivity contribution >= 4 is 16.8 Å². The molecule has 134 valence electrons. The molecule has 1 heterocycles. The number of ether oxygens (including phenoxy) is 2. The van der Waals surface area contributed by atoms with Gasteiger partial charge in [-0.15, -0.1) is 0 Å². The Morgan fingerprint density at radius 2 is 1.85 bits per heavy atom. The van der Waals surface area contributed by atoms with Crippen LogP contribution >= 0.6 is 0 Å². The lowest BCUT2D eigenvalue weighted by atomic mass is 10.1. The monoisotopic (exact) mass is 352 g/mol. The summed E-state index contributed by atoms with van der Waals surface area (Å²) in [5, 5.41) is 0.710. The van der Waals surface area contributed by atoms with Crippen LogP contribution in [0.3, 0.4) is 0 Å². The molecule has 26 heavy (non-hydrogen) atoms. The molecule has 0 unspecified atom stereocenters. The van der Waals surface area contributed by atoms with Crippen LogP contribution in [0.1, 0.15) is 15.9 Å². The number of carbonyl (C=O) groups excluding carboxylic acids is 1. The van der Waals surface area contributed by atoms with Crippen molar-refractivity contribution in [1.29, 1.82) is 0 Å². The SMILES string of the molecule is COc1cccc(CN(C)C(=O)c2cc(=O)[nH]c3ccccc23)c1OC. The van der Waals surface area contributed by atoms with Crippen LogP contribution in [0, 0.1) is 0 Å². The van der Waals surface area contributed by atoms with E-state index in [0.29, 0.717) is 34.5 Å². The highest BCUT2D eigenvalue weighted by molar-refractivity contribution is 6.05. The molecule has 0 fully saturated rings. The molecule has 3 aromatic rings. The molecule has 6 nitrogen and oxygen atoms in total. The van der Waals surface area contributed by atoms with E-state index in [9.17, 15) is 9.59 Å². The zero-order chi connectivity index (χ0) is 18.7. The van der Waals surface area contributed by atoms with Gasteiger partial charge in [0, 0.05) is 36.1 Å². The van der Waals surface area contributed by atoms with Crippen LogP contribution in [-0.4, -0.2) is 37.1 Å². The number of fused-ring (bicyclic) bond motifs is 1.